The monoisotopic (exact) mass is 349 g/mol. The van der Waals surface area contributed by atoms with Crippen LogP contribution in [0.3, 0.4) is 0 Å². The molecule has 0 amide bonds. The first kappa shape index (κ1) is 17.5. The van der Waals surface area contributed by atoms with Crippen LogP contribution in [-0.4, -0.2) is 65.9 Å². The third kappa shape index (κ3) is 4.25. The molecule has 0 aromatic carbocycles. The van der Waals surface area contributed by atoms with Crippen molar-refractivity contribution in [1.82, 2.24) is 14.7 Å². The number of likely N-dealkylation sites (tertiary alicyclic amines) is 1. The van der Waals surface area contributed by atoms with Gasteiger partial charge >= 0.3 is 0 Å². The predicted molar refractivity (Wildman–Crippen MR) is 94.4 cm³/mol. The SMILES string of the molecule is CCn1cc(CN2CC3(C[C@H](OCC4CCOCC4)CCO3)C2)cn1. The number of hydrogen-bond acceptors (Lipinski definition) is 5. The van der Waals surface area contributed by atoms with Gasteiger partial charge in [0.25, 0.3) is 0 Å². The van der Waals surface area contributed by atoms with Crippen LogP contribution >= 0.6 is 0 Å². The molecule has 140 valence electrons. The Bertz CT molecular complexity index is 550. The summed E-state index contributed by atoms with van der Waals surface area (Å²) >= 11 is 0. The summed E-state index contributed by atoms with van der Waals surface area (Å²) in [6.07, 6.45) is 8.86. The second kappa shape index (κ2) is 7.74. The lowest BCUT2D eigenvalue weighted by molar-refractivity contribution is -0.201. The van der Waals surface area contributed by atoms with Crippen LogP contribution in [0.2, 0.25) is 0 Å². The number of hydrogen-bond donors (Lipinski definition) is 0. The summed E-state index contributed by atoms with van der Waals surface area (Å²) in [5, 5.41) is 4.36. The minimum atomic E-state index is 0.0271. The number of ether oxygens (including phenoxy) is 3. The molecule has 6 heteroatoms. The first-order valence-electron chi connectivity index (χ1n) is 9.82. The molecule has 6 nitrogen and oxygen atoms in total. The zero-order valence-electron chi connectivity index (χ0n) is 15.4. The van der Waals surface area contributed by atoms with Crippen LogP contribution in [0.1, 0.15) is 38.2 Å². The van der Waals surface area contributed by atoms with Gasteiger partial charge in [0.1, 0.15) is 0 Å². The van der Waals surface area contributed by atoms with E-state index < -0.39 is 0 Å². The number of aryl methyl sites for hydroxylation is 1. The molecule has 0 saturated carbocycles. The van der Waals surface area contributed by atoms with Gasteiger partial charge < -0.3 is 14.2 Å². The average molecular weight is 349 g/mol. The van der Waals surface area contributed by atoms with Crippen molar-refractivity contribution in [1.29, 1.82) is 0 Å². The van der Waals surface area contributed by atoms with Gasteiger partial charge in [0, 0.05) is 70.8 Å². The first-order valence-corrected chi connectivity index (χ1v) is 9.82. The highest BCUT2D eigenvalue weighted by Crippen LogP contribution is 2.36. The molecule has 0 radical (unpaired) electrons. The Hall–Kier alpha value is -0.950. The van der Waals surface area contributed by atoms with E-state index in [0.717, 1.165) is 78.3 Å². The van der Waals surface area contributed by atoms with Gasteiger partial charge in [-0.2, -0.15) is 5.10 Å². The van der Waals surface area contributed by atoms with Gasteiger partial charge in [0.2, 0.25) is 0 Å². The molecule has 1 aromatic rings. The molecule has 0 N–H and O–H groups in total. The quantitative estimate of drug-likeness (QED) is 0.787. The lowest BCUT2D eigenvalue weighted by Gasteiger charge is -2.53. The molecule has 25 heavy (non-hydrogen) atoms. The fraction of sp³-hybridized carbons (Fsp3) is 0.842. The van der Waals surface area contributed by atoms with Crippen molar-refractivity contribution in [3.8, 4) is 0 Å². The van der Waals surface area contributed by atoms with Gasteiger partial charge in [0.05, 0.1) is 17.9 Å². The molecule has 0 aliphatic carbocycles. The van der Waals surface area contributed by atoms with Crippen molar-refractivity contribution >= 4 is 0 Å². The van der Waals surface area contributed by atoms with E-state index in [4.69, 9.17) is 14.2 Å². The lowest BCUT2D eigenvalue weighted by Crippen LogP contribution is -2.65. The van der Waals surface area contributed by atoms with Crippen LogP contribution in [0.4, 0.5) is 0 Å². The highest BCUT2D eigenvalue weighted by atomic mass is 16.5. The van der Waals surface area contributed by atoms with Crippen LogP contribution < -0.4 is 0 Å². The van der Waals surface area contributed by atoms with Crippen LogP contribution in [0.15, 0.2) is 12.4 Å². The maximum absolute atomic E-state index is 6.26. The van der Waals surface area contributed by atoms with Gasteiger partial charge in [-0.3, -0.25) is 9.58 Å². The van der Waals surface area contributed by atoms with Crippen molar-refractivity contribution in [3.63, 3.8) is 0 Å². The molecule has 0 bridgehead atoms. The van der Waals surface area contributed by atoms with Gasteiger partial charge in [-0.15, -0.1) is 0 Å². The van der Waals surface area contributed by atoms with Gasteiger partial charge in [0.15, 0.2) is 0 Å². The summed E-state index contributed by atoms with van der Waals surface area (Å²) in [5.74, 6) is 0.681. The molecule has 1 aromatic heterocycles. The van der Waals surface area contributed by atoms with Crippen LogP contribution in [-0.2, 0) is 27.3 Å². The molecule has 1 atom stereocenters. The zero-order valence-corrected chi connectivity index (χ0v) is 15.4. The predicted octanol–water partition coefficient (Wildman–Crippen LogP) is 2.08. The second-order valence-corrected chi connectivity index (χ2v) is 7.88. The van der Waals surface area contributed by atoms with E-state index in [9.17, 15) is 0 Å². The molecular formula is C19H31N3O3. The topological polar surface area (TPSA) is 48.8 Å². The maximum atomic E-state index is 6.26. The van der Waals surface area contributed by atoms with E-state index in [2.05, 4.69) is 23.1 Å². The van der Waals surface area contributed by atoms with Crippen molar-refractivity contribution in [2.24, 2.45) is 5.92 Å². The van der Waals surface area contributed by atoms with Crippen LogP contribution in [0.25, 0.3) is 0 Å². The number of rotatable bonds is 6. The highest BCUT2D eigenvalue weighted by molar-refractivity contribution is 5.08. The minimum Gasteiger partial charge on any atom is -0.381 e. The third-order valence-electron chi connectivity index (χ3n) is 5.80. The minimum absolute atomic E-state index is 0.0271. The van der Waals surface area contributed by atoms with Crippen LogP contribution in [0.5, 0.6) is 0 Å². The first-order chi connectivity index (χ1) is 12.2. The smallest absolute Gasteiger partial charge is 0.0959 e. The van der Waals surface area contributed by atoms with Crippen molar-refractivity contribution < 1.29 is 14.2 Å². The summed E-state index contributed by atoms with van der Waals surface area (Å²) < 4.78 is 19.8. The van der Waals surface area contributed by atoms with Gasteiger partial charge in [-0.05, 0) is 32.1 Å². The van der Waals surface area contributed by atoms with Crippen LogP contribution in [0, 0.1) is 5.92 Å². The van der Waals surface area contributed by atoms with Gasteiger partial charge in [-0.1, -0.05) is 0 Å². The highest BCUT2D eigenvalue weighted by Gasteiger charge is 2.47. The summed E-state index contributed by atoms with van der Waals surface area (Å²) in [4.78, 5) is 2.46. The van der Waals surface area contributed by atoms with Crippen molar-refractivity contribution in [2.75, 3.05) is 39.5 Å². The Morgan fingerprint density at radius 1 is 1.24 bits per heavy atom. The molecule has 1 spiro atoms. The van der Waals surface area contributed by atoms with E-state index in [-0.39, 0.29) is 5.60 Å². The maximum Gasteiger partial charge on any atom is 0.0959 e. The molecule has 3 aliphatic heterocycles. The van der Waals surface area contributed by atoms with E-state index >= 15 is 0 Å². The van der Waals surface area contributed by atoms with E-state index in [1.807, 2.05) is 10.9 Å². The fourth-order valence-corrected chi connectivity index (χ4v) is 4.33. The molecule has 4 heterocycles. The fourth-order valence-electron chi connectivity index (χ4n) is 4.33. The average Bonchev–Trinajstić information content (AvgIpc) is 3.08. The molecule has 3 aliphatic rings. The molecule has 4 rings (SSSR count). The zero-order chi connectivity index (χ0) is 17.1. The van der Waals surface area contributed by atoms with E-state index in [1.54, 1.807) is 0 Å². The normalized spacial score (nSPS) is 27.5. The van der Waals surface area contributed by atoms with Gasteiger partial charge in [-0.25, -0.2) is 0 Å². The Balaban J connectivity index is 1.21. The number of nitrogens with zero attached hydrogens (tertiary/aromatic N) is 3. The molecule has 3 saturated heterocycles. The molecule has 0 unspecified atom stereocenters. The standard InChI is InChI=1S/C19H31N3O3/c1-2-22-12-17(10-20-22)11-21-14-19(15-21)9-18(5-8-25-19)24-13-16-3-6-23-7-4-16/h10,12,16,18H,2-9,11,13-15H2,1H3/t18-/m1/s1. The Labute approximate surface area is 150 Å². The second-order valence-electron chi connectivity index (χ2n) is 7.88. The van der Waals surface area contributed by atoms with Crippen molar-refractivity contribution in [2.45, 2.75) is 57.4 Å². The summed E-state index contributed by atoms with van der Waals surface area (Å²) in [6.45, 7) is 9.57. The Morgan fingerprint density at radius 3 is 2.84 bits per heavy atom. The summed E-state index contributed by atoms with van der Waals surface area (Å²) in [5.41, 5.74) is 1.32. The largest absolute Gasteiger partial charge is 0.381 e. The van der Waals surface area contributed by atoms with E-state index in [1.165, 1.54) is 5.56 Å². The van der Waals surface area contributed by atoms with E-state index in [0.29, 0.717) is 12.0 Å². The lowest BCUT2D eigenvalue weighted by atomic mass is 9.84. The third-order valence-corrected chi connectivity index (χ3v) is 5.80. The Kier molecular flexibility index (Phi) is 5.41. The number of aromatic nitrogens is 2. The molecule has 3 fully saturated rings. The van der Waals surface area contributed by atoms with Crippen molar-refractivity contribution in [3.05, 3.63) is 18.0 Å². The summed E-state index contributed by atoms with van der Waals surface area (Å²) in [7, 11) is 0. The molecular weight excluding hydrogens is 318 g/mol. The Morgan fingerprint density at radius 2 is 2.08 bits per heavy atom. The summed E-state index contributed by atoms with van der Waals surface area (Å²) in [6, 6.07) is 0.